The Kier molecular flexibility index (Phi) is 4.13. The summed E-state index contributed by atoms with van der Waals surface area (Å²) in [6.45, 7) is 3.59. The lowest BCUT2D eigenvalue weighted by Crippen LogP contribution is -2.46. The maximum atomic E-state index is 13.2. The molecule has 1 fully saturated rings. The summed E-state index contributed by atoms with van der Waals surface area (Å²) >= 11 is 0. The number of halogens is 1. The predicted octanol–water partition coefficient (Wildman–Crippen LogP) is 1.75. The Morgan fingerprint density at radius 1 is 1.27 bits per heavy atom. The molecular formula is C19H21FN4O2. The minimum Gasteiger partial charge on any atom is -0.388 e. The van der Waals surface area contributed by atoms with Gasteiger partial charge in [0.05, 0.1) is 17.5 Å². The van der Waals surface area contributed by atoms with E-state index in [9.17, 15) is 14.3 Å². The number of fused-ring (bicyclic) bond motifs is 1. The fraction of sp³-hybridized carbons (Fsp3) is 0.368. The van der Waals surface area contributed by atoms with Crippen LogP contribution in [0.3, 0.4) is 0 Å². The van der Waals surface area contributed by atoms with Gasteiger partial charge in [-0.1, -0.05) is 0 Å². The largest absolute Gasteiger partial charge is 0.388 e. The van der Waals surface area contributed by atoms with Gasteiger partial charge in [-0.2, -0.15) is 0 Å². The lowest BCUT2D eigenvalue weighted by Gasteiger charge is -2.32. The molecule has 0 unspecified atom stereocenters. The molecule has 26 heavy (non-hydrogen) atoms. The Bertz CT molecular complexity index is 1000. The molecule has 2 N–H and O–H groups in total. The van der Waals surface area contributed by atoms with Crippen LogP contribution in [0.15, 0.2) is 41.5 Å². The van der Waals surface area contributed by atoms with Gasteiger partial charge in [-0.25, -0.2) is 9.37 Å². The third kappa shape index (κ3) is 2.93. The van der Waals surface area contributed by atoms with Crippen LogP contribution >= 0.6 is 0 Å². The lowest BCUT2D eigenvalue weighted by atomic mass is 9.92. The first-order chi connectivity index (χ1) is 12.5. The highest BCUT2D eigenvalue weighted by molar-refractivity contribution is 5.78. The quantitative estimate of drug-likeness (QED) is 0.750. The van der Waals surface area contributed by atoms with Crippen LogP contribution in [0.4, 0.5) is 4.39 Å². The number of piperidine rings is 1. The zero-order valence-corrected chi connectivity index (χ0v) is 14.6. The first kappa shape index (κ1) is 16.9. The molecule has 0 spiro atoms. The molecular weight excluding hydrogens is 335 g/mol. The molecule has 1 aliphatic heterocycles. The summed E-state index contributed by atoms with van der Waals surface area (Å²) in [4.78, 5) is 17.4. The smallest absolute Gasteiger partial charge is 0.262 e. The van der Waals surface area contributed by atoms with E-state index < -0.39 is 5.60 Å². The summed E-state index contributed by atoms with van der Waals surface area (Å²) in [5.41, 5.74) is 1.06. The second-order valence-corrected chi connectivity index (χ2v) is 6.99. The molecule has 1 aliphatic rings. The zero-order valence-electron chi connectivity index (χ0n) is 14.6. The van der Waals surface area contributed by atoms with Gasteiger partial charge < -0.3 is 10.4 Å². The molecule has 7 heteroatoms. The molecule has 0 atom stereocenters. The minimum atomic E-state index is -0.890. The monoisotopic (exact) mass is 356 g/mol. The van der Waals surface area contributed by atoms with Crippen molar-refractivity contribution in [3.05, 3.63) is 58.5 Å². The second-order valence-electron chi connectivity index (χ2n) is 6.99. The Morgan fingerprint density at radius 3 is 2.65 bits per heavy atom. The second kappa shape index (κ2) is 6.34. The van der Waals surface area contributed by atoms with Crippen molar-refractivity contribution < 1.29 is 9.50 Å². The summed E-state index contributed by atoms with van der Waals surface area (Å²) in [6, 6.07) is 7.87. The molecule has 0 radical (unpaired) electrons. The first-order valence-electron chi connectivity index (χ1n) is 8.73. The fourth-order valence-electron chi connectivity index (χ4n) is 3.64. The molecule has 136 valence electrons. The van der Waals surface area contributed by atoms with Crippen molar-refractivity contribution in [2.75, 3.05) is 13.1 Å². The van der Waals surface area contributed by atoms with Crippen molar-refractivity contribution in [2.45, 2.75) is 31.9 Å². The van der Waals surface area contributed by atoms with Crippen LogP contribution in [0.25, 0.3) is 16.7 Å². The van der Waals surface area contributed by atoms with E-state index in [1.165, 1.54) is 23.0 Å². The first-order valence-corrected chi connectivity index (χ1v) is 8.73. The topological polar surface area (TPSA) is 72.1 Å². The van der Waals surface area contributed by atoms with Gasteiger partial charge in [0.2, 0.25) is 0 Å². The van der Waals surface area contributed by atoms with Crippen LogP contribution in [-0.4, -0.2) is 37.9 Å². The molecule has 2 aromatic heterocycles. The Morgan fingerprint density at radius 2 is 1.96 bits per heavy atom. The Labute approximate surface area is 149 Å². The van der Waals surface area contributed by atoms with E-state index in [1.807, 2.05) is 11.5 Å². The van der Waals surface area contributed by atoms with Crippen LogP contribution in [0.2, 0.25) is 0 Å². The van der Waals surface area contributed by atoms with Crippen LogP contribution in [-0.2, 0) is 6.54 Å². The minimum absolute atomic E-state index is 0.175. The number of hydrogen-bond donors (Lipinski definition) is 2. The van der Waals surface area contributed by atoms with Crippen molar-refractivity contribution in [1.82, 2.24) is 19.4 Å². The number of hydrogen-bond acceptors (Lipinski definition) is 4. The molecule has 0 saturated carbocycles. The van der Waals surface area contributed by atoms with Crippen molar-refractivity contribution in [3.63, 3.8) is 0 Å². The van der Waals surface area contributed by atoms with Gasteiger partial charge in [0.1, 0.15) is 12.1 Å². The predicted molar refractivity (Wildman–Crippen MR) is 97.1 cm³/mol. The van der Waals surface area contributed by atoms with Crippen LogP contribution in [0.5, 0.6) is 0 Å². The van der Waals surface area contributed by atoms with E-state index in [0.717, 1.165) is 24.5 Å². The lowest BCUT2D eigenvalue weighted by molar-refractivity contribution is -0.00627. The average Bonchev–Trinajstić information content (AvgIpc) is 2.96. The van der Waals surface area contributed by atoms with Gasteiger partial charge in [0.15, 0.2) is 5.65 Å². The summed E-state index contributed by atoms with van der Waals surface area (Å²) in [5, 5.41) is 14.4. The van der Waals surface area contributed by atoms with Crippen molar-refractivity contribution in [1.29, 1.82) is 0 Å². The summed E-state index contributed by atoms with van der Waals surface area (Å²) in [6.07, 6.45) is 2.70. The van der Waals surface area contributed by atoms with Gasteiger partial charge in [-0.05, 0) is 63.2 Å². The molecule has 1 aromatic carbocycles. The fourth-order valence-corrected chi connectivity index (χ4v) is 3.64. The van der Waals surface area contributed by atoms with Crippen LogP contribution in [0.1, 0.15) is 18.5 Å². The molecule has 1 saturated heterocycles. The number of nitrogens with zero attached hydrogens (tertiary/aromatic N) is 3. The van der Waals surface area contributed by atoms with E-state index in [1.54, 1.807) is 18.2 Å². The maximum absolute atomic E-state index is 13.2. The third-order valence-electron chi connectivity index (χ3n) is 5.05. The molecule has 6 nitrogen and oxygen atoms in total. The van der Waals surface area contributed by atoms with Gasteiger partial charge in [0, 0.05) is 11.4 Å². The summed E-state index contributed by atoms with van der Waals surface area (Å²) in [5.74, 6) is -0.312. The zero-order chi connectivity index (χ0) is 18.3. The third-order valence-corrected chi connectivity index (χ3v) is 5.05. The molecule has 0 bridgehead atoms. The molecule has 3 heterocycles. The van der Waals surface area contributed by atoms with Crippen molar-refractivity contribution >= 4 is 11.0 Å². The van der Waals surface area contributed by atoms with Gasteiger partial charge in [-0.3, -0.25) is 13.9 Å². The Balaban J connectivity index is 1.77. The normalized spacial score (nSPS) is 16.9. The van der Waals surface area contributed by atoms with E-state index in [2.05, 4.69) is 10.3 Å². The Hall–Kier alpha value is -2.51. The number of benzene rings is 1. The number of nitrogens with one attached hydrogen (secondary N) is 1. The SMILES string of the molecule is Cc1cc2c(=O)n(CC3(O)CCNCC3)cnc2n1-c1ccc(F)cc1. The highest BCUT2D eigenvalue weighted by Gasteiger charge is 2.30. The van der Waals surface area contributed by atoms with Gasteiger partial charge >= 0.3 is 0 Å². The number of aryl methyl sites for hydroxylation is 1. The van der Waals surface area contributed by atoms with Crippen molar-refractivity contribution in [3.8, 4) is 5.69 Å². The average molecular weight is 356 g/mol. The maximum Gasteiger partial charge on any atom is 0.262 e. The number of rotatable bonds is 3. The van der Waals surface area contributed by atoms with Crippen LogP contribution in [0, 0.1) is 12.7 Å². The highest BCUT2D eigenvalue weighted by atomic mass is 19.1. The standard InChI is InChI=1S/C19H21FN4O2/c1-13-10-16-17(24(13)15-4-2-14(20)3-5-15)22-12-23(18(16)25)11-19(26)6-8-21-9-7-19/h2-5,10,12,21,26H,6-9,11H2,1H3. The van der Waals surface area contributed by atoms with Gasteiger partial charge in [0.25, 0.3) is 5.56 Å². The van der Waals surface area contributed by atoms with E-state index in [4.69, 9.17) is 0 Å². The molecule has 0 amide bonds. The summed E-state index contributed by atoms with van der Waals surface area (Å²) in [7, 11) is 0. The van der Waals surface area contributed by atoms with E-state index in [-0.39, 0.29) is 17.9 Å². The van der Waals surface area contributed by atoms with Gasteiger partial charge in [-0.15, -0.1) is 0 Å². The number of aliphatic hydroxyl groups is 1. The van der Waals surface area contributed by atoms with E-state index >= 15 is 0 Å². The summed E-state index contributed by atoms with van der Waals surface area (Å²) < 4.78 is 16.5. The molecule has 0 aliphatic carbocycles. The molecule has 3 aromatic rings. The highest BCUT2D eigenvalue weighted by Crippen LogP contribution is 2.22. The molecule has 4 rings (SSSR count). The van der Waals surface area contributed by atoms with Crippen LogP contribution < -0.4 is 10.9 Å². The number of aromatic nitrogens is 3. The van der Waals surface area contributed by atoms with Crippen molar-refractivity contribution in [2.24, 2.45) is 0 Å². The van der Waals surface area contributed by atoms with E-state index in [0.29, 0.717) is 23.9 Å².